The molecule has 4 nitrogen and oxygen atoms in total. The molecule has 0 aliphatic rings. The molecular formula is C19H15F2N3O. The molecule has 0 radical (unpaired) electrons. The molecule has 25 heavy (non-hydrogen) atoms. The number of anilines is 2. The van der Waals surface area contributed by atoms with Gasteiger partial charge in [0.15, 0.2) is 11.6 Å². The van der Waals surface area contributed by atoms with Crippen molar-refractivity contribution in [2.45, 2.75) is 6.54 Å². The number of benzene rings is 2. The van der Waals surface area contributed by atoms with Crippen molar-refractivity contribution < 1.29 is 13.6 Å². The standard InChI is InChI=1S/C19H15F2N3O/c20-16-8-6-14(10-17(16)21)19(25)24-15-7-9-18(23-12-15)22-11-13-4-2-1-3-5-13/h1-10,12H,11H2,(H,22,23)(H,24,25). The van der Waals surface area contributed by atoms with Gasteiger partial charge in [0.1, 0.15) is 5.82 Å². The number of aromatic nitrogens is 1. The van der Waals surface area contributed by atoms with Gasteiger partial charge in [0.05, 0.1) is 11.9 Å². The minimum Gasteiger partial charge on any atom is -0.366 e. The molecule has 3 rings (SSSR count). The summed E-state index contributed by atoms with van der Waals surface area (Å²) in [6.07, 6.45) is 1.49. The number of halogens is 2. The quantitative estimate of drug-likeness (QED) is 0.732. The van der Waals surface area contributed by atoms with Crippen LogP contribution < -0.4 is 10.6 Å². The molecule has 1 heterocycles. The molecule has 0 fully saturated rings. The van der Waals surface area contributed by atoms with Gasteiger partial charge in [-0.1, -0.05) is 30.3 Å². The van der Waals surface area contributed by atoms with Crippen molar-refractivity contribution in [2.24, 2.45) is 0 Å². The largest absolute Gasteiger partial charge is 0.366 e. The minimum absolute atomic E-state index is 0.0326. The highest BCUT2D eigenvalue weighted by molar-refractivity contribution is 6.04. The summed E-state index contributed by atoms with van der Waals surface area (Å²) in [4.78, 5) is 16.2. The molecule has 0 spiro atoms. The second kappa shape index (κ2) is 7.53. The summed E-state index contributed by atoms with van der Waals surface area (Å²) >= 11 is 0. The maximum absolute atomic E-state index is 13.2. The monoisotopic (exact) mass is 339 g/mol. The van der Waals surface area contributed by atoms with Crippen LogP contribution in [0.15, 0.2) is 66.9 Å². The normalized spacial score (nSPS) is 10.3. The number of nitrogens with zero attached hydrogens (tertiary/aromatic N) is 1. The molecule has 2 aromatic carbocycles. The van der Waals surface area contributed by atoms with Gasteiger partial charge in [-0.2, -0.15) is 0 Å². The van der Waals surface area contributed by atoms with Gasteiger partial charge in [0.2, 0.25) is 0 Å². The van der Waals surface area contributed by atoms with Crippen molar-refractivity contribution in [3.8, 4) is 0 Å². The SMILES string of the molecule is O=C(Nc1ccc(NCc2ccccc2)nc1)c1ccc(F)c(F)c1. The molecule has 2 N–H and O–H groups in total. The molecule has 0 aliphatic carbocycles. The highest BCUT2D eigenvalue weighted by Crippen LogP contribution is 2.14. The molecule has 0 atom stereocenters. The second-order valence-corrected chi connectivity index (χ2v) is 5.35. The van der Waals surface area contributed by atoms with E-state index in [9.17, 15) is 13.6 Å². The van der Waals surface area contributed by atoms with E-state index < -0.39 is 17.5 Å². The lowest BCUT2D eigenvalue weighted by Crippen LogP contribution is -2.12. The summed E-state index contributed by atoms with van der Waals surface area (Å²) in [7, 11) is 0. The van der Waals surface area contributed by atoms with Gasteiger partial charge in [0.25, 0.3) is 5.91 Å². The maximum atomic E-state index is 13.2. The van der Waals surface area contributed by atoms with E-state index in [2.05, 4.69) is 15.6 Å². The molecule has 6 heteroatoms. The predicted octanol–water partition coefficient (Wildman–Crippen LogP) is 4.22. The van der Waals surface area contributed by atoms with Crippen LogP contribution in [0.25, 0.3) is 0 Å². The zero-order chi connectivity index (χ0) is 17.6. The summed E-state index contributed by atoms with van der Waals surface area (Å²) in [5.41, 5.74) is 1.62. The van der Waals surface area contributed by atoms with E-state index in [0.717, 1.165) is 17.7 Å². The third-order valence-electron chi connectivity index (χ3n) is 3.52. The van der Waals surface area contributed by atoms with Gasteiger partial charge in [-0.3, -0.25) is 4.79 Å². The second-order valence-electron chi connectivity index (χ2n) is 5.35. The number of rotatable bonds is 5. The van der Waals surface area contributed by atoms with Gasteiger partial charge < -0.3 is 10.6 Å². The van der Waals surface area contributed by atoms with Crippen LogP contribution in [-0.4, -0.2) is 10.9 Å². The van der Waals surface area contributed by atoms with Crippen molar-refractivity contribution in [3.05, 3.63) is 89.6 Å². The Morgan fingerprint density at radius 1 is 0.960 bits per heavy atom. The summed E-state index contributed by atoms with van der Waals surface area (Å²) in [6, 6.07) is 16.3. The van der Waals surface area contributed by atoms with Crippen molar-refractivity contribution >= 4 is 17.4 Å². The molecule has 0 bridgehead atoms. The predicted molar refractivity (Wildman–Crippen MR) is 92.3 cm³/mol. The summed E-state index contributed by atoms with van der Waals surface area (Å²) in [6.45, 7) is 0.633. The molecule has 0 unspecified atom stereocenters. The van der Waals surface area contributed by atoms with Gasteiger partial charge in [-0.25, -0.2) is 13.8 Å². The number of hydrogen-bond donors (Lipinski definition) is 2. The van der Waals surface area contributed by atoms with E-state index in [4.69, 9.17) is 0 Å². The fourth-order valence-corrected chi connectivity index (χ4v) is 2.20. The highest BCUT2D eigenvalue weighted by atomic mass is 19.2. The fraction of sp³-hybridized carbons (Fsp3) is 0.0526. The Hall–Kier alpha value is -3.28. The van der Waals surface area contributed by atoms with E-state index >= 15 is 0 Å². The van der Waals surface area contributed by atoms with Crippen molar-refractivity contribution in [2.75, 3.05) is 10.6 Å². The topological polar surface area (TPSA) is 54.0 Å². The van der Waals surface area contributed by atoms with Gasteiger partial charge in [-0.15, -0.1) is 0 Å². The first kappa shape index (κ1) is 16.6. The van der Waals surface area contributed by atoms with E-state index in [1.54, 1.807) is 12.1 Å². The Morgan fingerprint density at radius 2 is 1.76 bits per heavy atom. The van der Waals surface area contributed by atoms with Gasteiger partial charge in [-0.05, 0) is 35.9 Å². The van der Waals surface area contributed by atoms with Gasteiger partial charge >= 0.3 is 0 Å². The lowest BCUT2D eigenvalue weighted by molar-refractivity contribution is 0.102. The smallest absolute Gasteiger partial charge is 0.255 e. The lowest BCUT2D eigenvalue weighted by atomic mass is 10.2. The zero-order valence-electron chi connectivity index (χ0n) is 13.2. The first-order valence-corrected chi connectivity index (χ1v) is 7.62. The Balaban J connectivity index is 1.60. The molecule has 0 aliphatic heterocycles. The molecule has 1 amide bonds. The highest BCUT2D eigenvalue weighted by Gasteiger charge is 2.10. The van der Waals surface area contributed by atoms with Crippen LogP contribution in [0.1, 0.15) is 15.9 Å². The third-order valence-corrected chi connectivity index (χ3v) is 3.52. The number of carbonyl (C=O) groups excluding carboxylic acids is 1. The fourth-order valence-electron chi connectivity index (χ4n) is 2.20. The van der Waals surface area contributed by atoms with Gasteiger partial charge in [0, 0.05) is 12.1 Å². The van der Waals surface area contributed by atoms with Crippen LogP contribution in [0.4, 0.5) is 20.3 Å². The average Bonchev–Trinajstić information content (AvgIpc) is 2.64. The van der Waals surface area contributed by atoms with Crippen LogP contribution in [0.3, 0.4) is 0 Å². The number of carbonyl (C=O) groups is 1. The number of hydrogen-bond acceptors (Lipinski definition) is 3. The summed E-state index contributed by atoms with van der Waals surface area (Å²) < 4.78 is 26.1. The van der Waals surface area contributed by atoms with E-state index in [-0.39, 0.29) is 5.56 Å². The molecule has 126 valence electrons. The van der Waals surface area contributed by atoms with Crippen LogP contribution in [0.5, 0.6) is 0 Å². The number of amides is 1. The van der Waals surface area contributed by atoms with Crippen molar-refractivity contribution in [1.29, 1.82) is 0 Å². The van der Waals surface area contributed by atoms with Crippen LogP contribution in [0, 0.1) is 11.6 Å². The first-order valence-electron chi connectivity index (χ1n) is 7.62. The molecular weight excluding hydrogens is 324 g/mol. The Kier molecular flexibility index (Phi) is 4.99. The van der Waals surface area contributed by atoms with Crippen LogP contribution in [0.2, 0.25) is 0 Å². The summed E-state index contributed by atoms with van der Waals surface area (Å²) in [5, 5.41) is 5.76. The Labute approximate surface area is 143 Å². The summed E-state index contributed by atoms with van der Waals surface area (Å²) in [5.74, 6) is -1.93. The number of pyridine rings is 1. The molecule has 0 saturated heterocycles. The lowest BCUT2D eigenvalue weighted by Gasteiger charge is -2.08. The van der Waals surface area contributed by atoms with Crippen molar-refractivity contribution in [1.82, 2.24) is 4.98 Å². The maximum Gasteiger partial charge on any atom is 0.255 e. The molecule has 1 aromatic heterocycles. The Bertz CT molecular complexity index is 868. The first-order chi connectivity index (χ1) is 12.1. The number of nitrogens with one attached hydrogen (secondary N) is 2. The van der Waals surface area contributed by atoms with E-state index in [1.807, 2.05) is 30.3 Å². The van der Waals surface area contributed by atoms with E-state index in [1.165, 1.54) is 12.3 Å². The van der Waals surface area contributed by atoms with Crippen LogP contribution in [-0.2, 0) is 6.54 Å². The zero-order valence-corrected chi connectivity index (χ0v) is 13.2. The third kappa shape index (κ3) is 4.38. The van der Waals surface area contributed by atoms with E-state index in [0.29, 0.717) is 18.1 Å². The van der Waals surface area contributed by atoms with Crippen molar-refractivity contribution in [3.63, 3.8) is 0 Å². The van der Waals surface area contributed by atoms with Crippen LogP contribution >= 0.6 is 0 Å². The average molecular weight is 339 g/mol. The minimum atomic E-state index is -1.06. The Morgan fingerprint density at radius 3 is 2.44 bits per heavy atom. The molecule has 3 aromatic rings. The molecule has 0 saturated carbocycles.